The monoisotopic (exact) mass is 300 g/mol. The molecule has 20 heavy (non-hydrogen) atoms. The van der Waals surface area contributed by atoms with Gasteiger partial charge in [-0.15, -0.1) is 0 Å². The van der Waals surface area contributed by atoms with Gasteiger partial charge < -0.3 is 21.5 Å². The molecule has 6 nitrogen and oxygen atoms in total. The van der Waals surface area contributed by atoms with E-state index in [-0.39, 0.29) is 29.9 Å². The molecule has 0 aromatic carbocycles. The molecule has 0 fully saturated rings. The standard InChI is InChI=1S/C13H24N4O2S/c1-8(6-5-7-18)15-11(19)9-10(14)16-12(20-9)17-13(2,3)4/h8,18H,5-7,14H2,1-4H3,(H,15,19)(H,16,17). The summed E-state index contributed by atoms with van der Waals surface area (Å²) in [5.41, 5.74) is 5.66. The van der Waals surface area contributed by atoms with Gasteiger partial charge in [0.25, 0.3) is 5.91 Å². The summed E-state index contributed by atoms with van der Waals surface area (Å²) in [6.45, 7) is 8.07. The van der Waals surface area contributed by atoms with Crippen LogP contribution in [-0.4, -0.2) is 34.2 Å². The topological polar surface area (TPSA) is 100 Å². The molecule has 0 aliphatic heterocycles. The number of aliphatic hydroxyl groups is 1. The zero-order valence-electron chi connectivity index (χ0n) is 12.5. The van der Waals surface area contributed by atoms with Crippen LogP contribution in [0.4, 0.5) is 10.9 Å². The quantitative estimate of drug-likeness (QED) is 0.642. The van der Waals surface area contributed by atoms with E-state index in [0.717, 1.165) is 6.42 Å². The number of carbonyl (C=O) groups excluding carboxylic acids is 1. The first kappa shape index (κ1) is 16.7. The Labute approximate surface area is 123 Å². The second-order valence-electron chi connectivity index (χ2n) is 5.85. The fraction of sp³-hybridized carbons (Fsp3) is 0.692. The lowest BCUT2D eigenvalue weighted by Crippen LogP contribution is -2.32. The van der Waals surface area contributed by atoms with Gasteiger partial charge in [-0.25, -0.2) is 4.98 Å². The molecule has 1 heterocycles. The first-order valence-corrected chi connectivity index (χ1v) is 7.51. The van der Waals surface area contributed by atoms with Gasteiger partial charge in [-0.2, -0.15) is 0 Å². The molecule has 0 saturated carbocycles. The van der Waals surface area contributed by atoms with Crippen molar-refractivity contribution in [2.24, 2.45) is 0 Å². The first-order valence-electron chi connectivity index (χ1n) is 6.69. The number of hydrogen-bond acceptors (Lipinski definition) is 6. The average Bonchev–Trinajstić information content (AvgIpc) is 2.65. The number of anilines is 2. The molecule has 0 spiro atoms. The number of aromatic nitrogens is 1. The van der Waals surface area contributed by atoms with E-state index in [9.17, 15) is 4.79 Å². The van der Waals surface area contributed by atoms with Gasteiger partial charge in [0.05, 0.1) is 0 Å². The largest absolute Gasteiger partial charge is 0.396 e. The minimum absolute atomic E-state index is 0.00447. The third-order valence-electron chi connectivity index (χ3n) is 2.51. The fourth-order valence-electron chi connectivity index (χ4n) is 1.63. The van der Waals surface area contributed by atoms with Crippen LogP contribution in [0.2, 0.25) is 0 Å². The molecule has 1 atom stereocenters. The molecule has 5 N–H and O–H groups in total. The van der Waals surface area contributed by atoms with Crippen LogP contribution >= 0.6 is 11.3 Å². The maximum absolute atomic E-state index is 12.1. The maximum atomic E-state index is 12.1. The molecule has 0 radical (unpaired) electrons. The SMILES string of the molecule is CC(CCCO)NC(=O)c1sc(NC(C)(C)C)nc1N. The molecule has 114 valence electrons. The van der Waals surface area contributed by atoms with Crippen molar-refractivity contribution < 1.29 is 9.90 Å². The lowest BCUT2D eigenvalue weighted by atomic mass is 10.1. The molecule has 0 saturated heterocycles. The highest BCUT2D eigenvalue weighted by Crippen LogP contribution is 2.27. The van der Waals surface area contributed by atoms with Gasteiger partial charge in [0, 0.05) is 18.2 Å². The van der Waals surface area contributed by atoms with E-state index in [1.165, 1.54) is 11.3 Å². The normalized spacial score (nSPS) is 13.1. The number of aliphatic hydroxyl groups excluding tert-OH is 1. The average molecular weight is 300 g/mol. The number of amides is 1. The van der Waals surface area contributed by atoms with E-state index in [0.29, 0.717) is 16.4 Å². The van der Waals surface area contributed by atoms with Crippen LogP contribution in [0, 0.1) is 0 Å². The number of carbonyl (C=O) groups is 1. The van der Waals surface area contributed by atoms with Gasteiger partial charge >= 0.3 is 0 Å². The molecular formula is C13H24N4O2S. The summed E-state index contributed by atoms with van der Waals surface area (Å²) in [5, 5.41) is 15.5. The minimum Gasteiger partial charge on any atom is -0.396 e. The Morgan fingerprint density at radius 2 is 2.15 bits per heavy atom. The summed E-state index contributed by atoms with van der Waals surface area (Å²) in [4.78, 5) is 16.7. The van der Waals surface area contributed by atoms with E-state index in [1.54, 1.807) is 0 Å². The van der Waals surface area contributed by atoms with Crippen LogP contribution in [0.5, 0.6) is 0 Å². The number of nitrogens with one attached hydrogen (secondary N) is 2. The zero-order valence-corrected chi connectivity index (χ0v) is 13.3. The summed E-state index contributed by atoms with van der Waals surface area (Å²) in [6, 6.07) is -0.00447. The minimum atomic E-state index is -0.215. The molecule has 1 rings (SSSR count). The van der Waals surface area contributed by atoms with Crippen molar-refractivity contribution in [3.63, 3.8) is 0 Å². The van der Waals surface area contributed by atoms with Gasteiger partial charge in [0.15, 0.2) is 5.13 Å². The van der Waals surface area contributed by atoms with Crippen LogP contribution in [0.1, 0.15) is 50.2 Å². The number of nitrogens with two attached hydrogens (primary N) is 1. The smallest absolute Gasteiger partial charge is 0.265 e. The zero-order chi connectivity index (χ0) is 15.3. The Morgan fingerprint density at radius 1 is 1.50 bits per heavy atom. The summed E-state index contributed by atoms with van der Waals surface area (Å²) in [5.74, 6) is 0.0287. The maximum Gasteiger partial charge on any atom is 0.265 e. The van der Waals surface area contributed by atoms with E-state index in [4.69, 9.17) is 10.8 Å². The highest BCUT2D eigenvalue weighted by molar-refractivity contribution is 7.18. The van der Waals surface area contributed by atoms with Crippen LogP contribution in [-0.2, 0) is 0 Å². The van der Waals surface area contributed by atoms with Crippen molar-refractivity contribution in [1.29, 1.82) is 0 Å². The van der Waals surface area contributed by atoms with Crippen molar-refractivity contribution in [2.75, 3.05) is 17.7 Å². The van der Waals surface area contributed by atoms with E-state index in [1.807, 2.05) is 27.7 Å². The third kappa shape index (κ3) is 5.34. The highest BCUT2D eigenvalue weighted by atomic mass is 32.1. The summed E-state index contributed by atoms with van der Waals surface area (Å²) >= 11 is 1.25. The molecule has 1 unspecified atom stereocenters. The van der Waals surface area contributed by atoms with Crippen molar-refractivity contribution >= 4 is 28.2 Å². The first-order chi connectivity index (χ1) is 9.23. The molecule has 0 bridgehead atoms. The van der Waals surface area contributed by atoms with Crippen LogP contribution in [0.15, 0.2) is 0 Å². The van der Waals surface area contributed by atoms with Gasteiger partial charge in [-0.1, -0.05) is 11.3 Å². The van der Waals surface area contributed by atoms with Crippen molar-refractivity contribution in [3.8, 4) is 0 Å². The second-order valence-corrected chi connectivity index (χ2v) is 6.85. The van der Waals surface area contributed by atoms with E-state index >= 15 is 0 Å². The molecule has 0 aliphatic carbocycles. The Morgan fingerprint density at radius 3 is 2.70 bits per heavy atom. The Balaban J connectivity index is 2.69. The lowest BCUT2D eigenvalue weighted by Gasteiger charge is -2.19. The third-order valence-corrected chi connectivity index (χ3v) is 3.50. The van der Waals surface area contributed by atoms with Crippen molar-refractivity contribution in [1.82, 2.24) is 10.3 Å². The lowest BCUT2D eigenvalue weighted by molar-refractivity contribution is 0.0941. The van der Waals surface area contributed by atoms with Crippen LogP contribution in [0.25, 0.3) is 0 Å². The summed E-state index contributed by atoms with van der Waals surface area (Å²) in [6.07, 6.45) is 1.39. The highest BCUT2D eigenvalue weighted by Gasteiger charge is 2.20. The number of nitrogens with zero attached hydrogens (tertiary/aromatic N) is 1. The number of nitrogen functional groups attached to an aromatic ring is 1. The summed E-state index contributed by atoms with van der Waals surface area (Å²) in [7, 11) is 0. The Bertz CT molecular complexity index is 454. The molecule has 1 aromatic rings. The number of hydrogen-bond donors (Lipinski definition) is 4. The predicted octanol–water partition coefficient (Wildman–Crippen LogP) is 1.83. The molecule has 7 heteroatoms. The van der Waals surface area contributed by atoms with Crippen molar-refractivity contribution in [2.45, 2.75) is 52.1 Å². The summed E-state index contributed by atoms with van der Waals surface area (Å²) < 4.78 is 0. The van der Waals surface area contributed by atoms with E-state index in [2.05, 4.69) is 15.6 Å². The molecular weight excluding hydrogens is 276 g/mol. The van der Waals surface area contributed by atoms with Crippen molar-refractivity contribution in [3.05, 3.63) is 4.88 Å². The Kier molecular flexibility index (Phi) is 5.76. The van der Waals surface area contributed by atoms with Gasteiger partial charge in [-0.3, -0.25) is 4.79 Å². The van der Waals surface area contributed by atoms with E-state index < -0.39 is 0 Å². The predicted molar refractivity (Wildman–Crippen MR) is 83.2 cm³/mol. The molecule has 0 aliphatic rings. The Hall–Kier alpha value is -1.34. The molecule has 1 aromatic heterocycles. The van der Waals surface area contributed by atoms with Gasteiger partial charge in [-0.05, 0) is 40.5 Å². The fourth-order valence-corrected chi connectivity index (χ4v) is 2.62. The second kappa shape index (κ2) is 6.90. The van der Waals surface area contributed by atoms with Gasteiger partial charge in [0.2, 0.25) is 0 Å². The van der Waals surface area contributed by atoms with Gasteiger partial charge in [0.1, 0.15) is 10.7 Å². The molecule has 1 amide bonds. The van der Waals surface area contributed by atoms with Crippen LogP contribution in [0.3, 0.4) is 0 Å². The number of rotatable bonds is 6. The number of thiazole rings is 1. The van der Waals surface area contributed by atoms with Crippen LogP contribution < -0.4 is 16.4 Å².